The number of ether oxygens (including phenoxy) is 1. The number of hydrogen-bond donors (Lipinski definition) is 0. The van der Waals surface area contributed by atoms with Crippen LogP contribution in [0.2, 0.25) is 5.02 Å². The summed E-state index contributed by atoms with van der Waals surface area (Å²) in [4.78, 5) is 33.1. The molecule has 1 aliphatic heterocycles. The van der Waals surface area contributed by atoms with E-state index in [2.05, 4.69) is 15.0 Å². The van der Waals surface area contributed by atoms with E-state index in [0.717, 1.165) is 5.56 Å². The topological polar surface area (TPSA) is 86.0 Å². The van der Waals surface area contributed by atoms with Crippen molar-refractivity contribution in [1.82, 2.24) is 24.5 Å². The van der Waals surface area contributed by atoms with Crippen molar-refractivity contribution in [3.63, 3.8) is 0 Å². The van der Waals surface area contributed by atoms with Crippen LogP contribution in [-0.2, 0) is 11.8 Å². The Balaban J connectivity index is 1.65. The standard InChI is InChI=1S/C24H22ClFN6O2/c1-13-27-10-15(11-28-13)20-12-32(6-7-34-20)21-9-19-22(24(33)31(3)14(2)29-19)23(30-21)17-5-4-16(25)8-18(17)26/h4-5,8-11,20H,6-7,12H2,1-3H3/t20-/m0/s1. The van der Waals surface area contributed by atoms with E-state index in [9.17, 15) is 9.18 Å². The van der Waals surface area contributed by atoms with Gasteiger partial charge >= 0.3 is 0 Å². The lowest BCUT2D eigenvalue weighted by Crippen LogP contribution is -2.39. The molecular weight excluding hydrogens is 459 g/mol. The summed E-state index contributed by atoms with van der Waals surface area (Å²) in [6.45, 7) is 5.12. The Kier molecular flexibility index (Phi) is 5.75. The molecule has 0 aliphatic carbocycles. The highest BCUT2D eigenvalue weighted by Gasteiger charge is 2.26. The second-order valence-electron chi connectivity index (χ2n) is 8.24. The molecule has 174 valence electrons. The van der Waals surface area contributed by atoms with Crippen LogP contribution in [0.5, 0.6) is 0 Å². The molecule has 5 rings (SSSR count). The number of aromatic nitrogens is 5. The molecule has 1 fully saturated rings. The number of hydrogen-bond acceptors (Lipinski definition) is 7. The number of fused-ring (bicyclic) bond motifs is 1. The van der Waals surface area contributed by atoms with Gasteiger partial charge in [0.2, 0.25) is 0 Å². The van der Waals surface area contributed by atoms with Crippen molar-refractivity contribution in [2.24, 2.45) is 7.05 Å². The van der Waals surface area contributed by atoms with Gasteiger partial charge < -0.3 is 9.64 Å². The Bertz CT molecular complexity index is 1460. The molecule has 1 aromatic carbocycles. The molecule has 34 heavy (non-hydrogen) atoms. The molecule has 0 saturated carbocycles. The van der Waals surface area contributed by atoms with Crippen LogP contribution in [-0.4, -0.2) is 44.2 Å². The van der Waals surface area contributed by atoms with Gasteiger partial charge in [-0.15, -0.1) is 0 Å². The molecule has 1 saturated heterocycles. The van der Waals surface area contributed by atoms with Crippen LogP contribution < -0.4 is 10.5 Å². The highest BCUT2D eigenvalue weighted by molar-refractivity contribution is 6.30. The maximum atomic E-state index is 15.0. The van der Waals surface area contributed by atoms with Crippen LogP contribution in [0.25, 0.3) is 22.2 Å². The molecule has 0 bridgehead atoms. The van der Waals surface area contributed by atoms with Crippen LogP contribution in [0.4, 0.5) is 10.2 Å². The lowest BCUT2D eigenvalue weighted by molar-refractivity contribution is 0.0391. The average Bonchev–Trinajstić information content (AvgIpc) is 2.82. The predicted molar refractivity (Wildman–Crippen MR) is 128 cm³/mol. The molecule has 8 nitrogen and oxygen atoms in total. The minimum absolute atomic E-state index is 0.191. The number of nitrogens with zero attached hydrogens (tertiary/aromatic N) is 6. The molecule has 0 radical (unpaired) electrons. The van der Waals surface area contributed by atoms with Crippen molar-refractivity contribution >= 4 is 28.3 Å². The normalized spacial score (nSPS) is 16.3. The van der Waals surface area contributed by atoms with Gasteiger partial charge in [-0.25, -0.2) is 24.3 Å². The highest BCUT2D eigenvalue weighted by atomic mass is 35.5. The van der Waals surface area contributed by atoms with Gasteiger partial charge in [0.15, 0.2) is 0 Å². The lowest BCUT2D eigenvalue weighted by Gasteiger charge is -2.34. The number of pyridine rings is 1. The fourth-order valence-electron chi connectivity index (χ4n) is 4.05. The summed E-state index contributed by atoms with van der Waals surface area (Å²) in [6, 6.07) is 6.10. The van der Waals surface area contributed by atoms with Crippen molar-refractivity contribution in [2.75, 3.05) is 24.6 Å². The van der Waals surface area contributed by atoms with Gasteiger partial charge in [0.05, 0.1) is 23.2 Å². The van der Waals surface area contributed by atoms with Gasteiger partial charge in [0.1, 0.15) is 29.4 Å². The summed E-state index contributed by atoms with van der Waals surface area (Å²) >= 11 is 5.97. The minimum Gasteiger partial charge on any atom is -0.370 e. The fraction of sp³-hybridized carbons (Fsp3) is 0.292. The second-order valence-corrected chi connectivity index (χ2v) is 8.68. The van der Waals surface area contributed by atoms with Gasteiger partial charge in [-0.1, -0.05) is 11.6 Å². The van der Waals surface area contributed by atoms with Gasteiger partial charge in [-0.3, -0.25) is 9.36 Å². The molecule has 3 aromatic heterocycles. The monoisotopic (exact) mass is 480 g/mol. The Labute approximate surface area is 200 Å². The van der Waals surface area contributed by atoms with Gasteiger partial charge in [0.25, 0.3) is 5.56 Å². The first-order valence-corrected chi connectivity index (χ1v) is 11.2. The summed E-state index contributed by atoms with van der Waals surface area (Å²) < 4.78 is 22.3. The van der Waals surface area contributed by atoms with Gasteiger partial charge in [-0.2, -0.15) is 0 Å². The maximum Gasteiger partial charge on any atom is 0.263 e. The van der Waals surface area contributed by atoms with Gasteiger partial charge in [0, 0.05) is 54.7 Å². The maximum absolute atomic E-state index is 15.0. The van der Waals surface area contributed by atoms with Crippen LogP contribution in [0, 0.1) is 19.7 Å². The number of morpholine rings is 1. The van der Waals surface area contributed by atoms with Crippen LogP contribution in [0.1, 0.15) is 23.3 Å². The first-order valence-electron chi connectivity index (χ1n) is 10.8. The van der Waals surface area contributed by atoms with Crippen molar-refractivity contribution in [3.05, 3.63) is 75.1 Å². The van der Waals surface area contributed by atoms with E-state index in [1.54, 1.807) is 38.5 Å². The largest absolute Gasteiger partial charge is 0.370 e. The summed E-state index contributed by atoms with van der Waals surface area (Å²) in [7, 11) is 1.64. The summed E-state index contributed by atoms with van der Waals surface area (Å²) in [5.41, 5.74) is 1.45. The smallest absolute Gasteiger partial charge is 0.263 e. The molecule has 1 atom stereocenters. The SMILES string of the molecule is Cc1ncc([C@@H]2CN(c3cc4nc(C)n(C)c(=O)c4c(-c4ccc(Cl)cc4F)n3)CCO2)cn1. The summed E-state index contributed by atoms with van der Waals surface area (Å²) in [5.74, 6) is 1.26. The summed E-state index contributed by atoms with van der Waals surface area (Å²) in [6.07, 6.45) is 3.27. The zero-order valence-corrected chi connectivity index (χ0v) is 19.7. The molecular formula is C24H22ClFN6O2. The number of rotatable bonds is 3. The lowest BCUT2D eigenvalue weighted by atomic mass is 10.1. The molecule has 0 N–H and O–H groups in total. The quantitative estimate of drug-likeness (QED) is 0.441. The second kappa shape index (κ2) is 8.73. The zero-order chi connectivity index (χ0) is 24.0. The highest BCUT2D eigenvalue weighted by Crippen LogP contribution is 2.32. The molecule has 1 aliphatic rings. The first kappa shape index (κ1) is 22.4. The number of anilines is 1. The van der Waals surface area contributed by atoms with Crippen molar-refractivity contribution in [2.45, 2.75) is 20.0 Å². The van der Waals surface area contributed by atoms with Crippen LogP contribution in [0.15, 0.2) is 41.5 Å². The van der Waals surface area contributed by atoms with E-state index in [0.29, 0.717) is 42.7 Å². The van der Waals surface area contributed by atoms with E-state index < -0.39 is 5.82 Å². The minimum atomic E-state index is -0.558. The van der Waals surface area contributed by atoms with E-state index in [1.807, 2.05) is 11.8 Å². The third-order valence-corrected chi connectivity index (χ3v) is 6.26. The van der Waals surface area contributed by atoms with Crippen LogP contribution in [0.3, 0.4) is 0 Å². The van der Waals surface area contributed by atoms with E-state index in [4.69, 9.17) is 21.3 Å². The summed E-state index contributed by atoms with van der Waals surface area (Å²) in [5, 5.41) is 0.523. The molecule has 10 heteroatoms. The Hall–Kier alpha value is -3.43. The Morgan fingerprint density at radius 2 is 1.91 bits per heavy atom. The third-order valence-electron chi connectivity index (χ3n) is 6.02. The van der Waals surface area contributed by atoms with E-state index >= 15 is 0 Å². The fourth-order valence-corrected chi connectivity index (χ4v) is 4.21. The van der Waals surface area contributed by atoms with Crippen LogP contribution >= 0.6 is 11.6 Å². The van der Waals surface area contributed by atoms with Crippen molar-refractivity contribution < 1.29 is 9.13 Å². The number of aryl methyl sites for hydroxylation is 2. The molecule has 4 heterocycles. The molecule has 0 spiro atoms. The molecule has 0 unspecified atom stereocenters. The zero-order valence-electron chi connectivity index (χ0n) is 18.9. The third kappa shape index (κ3) is 4.01. The van der Waals surface area contributed by atoms with Gasteiger partial charge in [-0.05, 0) is 32.0 Å². The molecule has 0 amide bonds. The Morgan fingerprint density at radius 3 is 2.65 bits per heavy atom. The van der Waals surface area contributed by atoms with E-state index in [-0.39, 0.29) is 33.3 Å². The van der Waals surface area contributed by atoms with Crippen molar-refractivity contribution in [1.29, 1.82) is 0 Å². The first-order chi connectivity index (χ1) is 16.3. The van der Waals surface area contributed by atoms with E-state index in [1.165, 1.54) is 16.7 Å². The average molecular weight is 481 g/mol. The van der Waals surface area contributed by atoms with Crippen molar-refractivity contribution in [3.8, 4) is 11.3 Å². The molecule has 4 aromatic rings. The Morgan fingerprint density at radius 1 is 1.15 bits per heavy atom. The number of halogens is 2. The predicted octanol–water partition coefficient (Wildman–Crippen LogP) is 3.77. The number of benzene rings is 1.